The normalized spacial score (nSPS) is 21.5. The zero-order valence-corrected chi connectivity index (χ0v) is 7.30. The molecule has 0 saturated heterocycles. The quantitative estimate of drug-likeness (QED) is 0.524. The smallest absolute Gasteiger partial charge is 0.128 e. The predicted molar refractivity (Wildman–Crippen MR) is 49.1 cm³/mol. The first-order chi connectivity index (χ1) is 5.92. The van der Waals surface area contributed by atoms with Crippen molar-refractivity contribution >= 4 is 18.2 Å². The van der Waals surface area contributed by atoms with Crippen molar-refractivity contribution in [2.45, 2.75) is 10.8 Å². The molecule has 1 unspecified atom stereocenters. The molecule has 3 heteroatoms. The van der Waals surface area contributed by atoms with Gasteiger partial charge in [0.25, 0.3) is 0 Å². The van der Waals surface area contributed by atoms with E-state index >= 15 is 0 Å². The van der Waals surface area contributed by atoms with Gasteiger partial charge in [0.15, 0.2) is 0 Å². The molecule has 0 amide bonds. The fourth-order valence-corrected chi connectivity index (χ4v) is 2.22. The summed E-state index contributed by atoms with van der Waals surface area (Å²) in [5.41, 5.74) is 1.15. The average Bonchev–Trinajstić information content (AvgIpc) is 2.17. The van der Waals surface area contributed by atoms with E-state index in [-0.39, 0.29) is 5.92 Å². The Morgan fingerprint density at radius 2 is 2.33 bits per heavy atom. The van der Waals surface area contributed by atoms with Gasteiger partial charge in [-0.05, 0) is 23.6 Å². The van der Waals surface area contributed by atoms with Gasteiger partial charge in [-0.25, -0.2) is 0 Å². The summed E-state index contributed by atoms with van der Waals surface area (Å²) in [4.78, 5) is 11.8. The van der Waals surface area contributed by atoms with Crippen molar-refractivity contribution in [2.24, 2.45) is 0 Å². The highest BCUT2D eigenvalue weighted by atomic mass is 32.2. The van der Waals surface area contributed by atoms with Gasteiger partial charge in [-0.15, -0.1) is 0 Å². The topological polar surface area (TPSA) is 29.1 Å². The van der Waals surface area contributed by atoms with Crippen LogP contribution in [0.1, 0.15) is 11.5 Å². The van der Waals surface area contributed by atoms with Crippen LogP contribution in [0, 0.1) is 0 Å². The SMILES string of the molecule is O=CC1CNSc2ccccc21. The molecule has 0 saturated carbocycles. The minimum Gasteiger partial charge on any atom is -0.303 e. The van der Waals surface area contributed by atoms with Crippen molar-refractivity contribution in [2.75, 3.05) is 6.54 Å². The Labute approximate surface area is 75.5 Å². The first kappa shape index (κ1) is 7.83. The molecule has 0 radical (unpaired) electrons. The van der Waals surface area contributed by atoms with E-state index in [0.717, 1.165) is 18.4 Å². The summed E-state index contributed by atoms with van der Waals surface area (Å²) in [7, 11) is 0. The lowest BCUT2D eigenvalue weighted by Gasteiger charge is -2.20. The molecular formula is C9H9NOS. The highest BCUT2D eigenvalue weighted by Crippen LogP contribution is 2.29. The molecule has 62 valence electrons. The fourth-order valence-electron chi connectivity index (χ4n) is 1.32. The number of hydrogen-bond donors (Lipinski definition) is 1. The Morgan fingerprint density at radius 1 is 1.50 bits per heavy atom. The van der Waals surface area contributed by atoms with Crippen LogP contribution in [0.25, 0.3) is 0 Å². The number of fused-ring (bicyclic) bond motifs is 1. The van der Waals surface area contributed by atoms with Crippen LogP contribution in [0.5, 0.6) is 0 Å². The molecule has 12 heavy (non-hydrogen) atoms. The Hall–Kier alpha value is -0.800. The van der Waals surface area contributed by atoms with E-state index in [4.69, 9.17) is 0 Å². The van der Waals surface area contributed by atoms with Crippen molar-refractivity contribution in [1.29, 1.82) is 0 Å². The van der Waals surface area contributed by atoms with Crippen LogP contribution >= 0.6 is 11.9 Å². The Morgan fingerprint density at radius 3 is 3.17 bits per heavy atom. The first-order valence-electron chi connectivity index (χ1n) is 3.86. The summed E-state index contributed by atoms with van der Waals surface area (Å²) < 4.78 is 3.13. The number of nitrogens with one attached hydrogen (secondary N) is 1. The molecule has 2 rings (SSSR count). The van der Waals surface area contributed by atoms with Crippen LogP contribution in [0.3, 0.4) is 0 Å². The molecule has 2 nitrogen and oxygen atoms in total. The molecule has 0 aromatic heterocycles. The molecule has 0 fully saturated rings. The molecule has 1 aliphatic heterocycles. The highest BCUT2D eigenvalue weighted by Gasteiger charge is 2.18. The zero-order valence-electron chi connectivity index (χ0n) is 6.49. The van der Waals surface area contributed by atoms with Gasteiger partial charge in [-0.1, -0.05) is 18.2 Å². The van der Waals surface area contributed by atoms with Crippen molar-refractivity contribution in [3.05, 3.63) is 29.8 Å². The van der Waals surface area contributed by atoms with Gasteiger partial charge in [-0.3, -0.25) is 4.72 Å². The zero-order chi connectivity index (χ0) is 8.39. The van der Waals surface area contributed by atoms with Gasteiger partial charge in [-0.2, -0.15) is 0 Å². The van der Waals surface area contributed by atoms with Crippen molar-refractivity contribution < 1.29 is 4.79 Å². The largest absolute Gasteiger partial charge is 0.303 e. The number of carbonyl (C=O) groups is 1. The second-order valence-corrected chi connectivity index (χ2v) is 3.66. The lowest BCUT2D eigenvalue weighted by atomic mass is 10.0. The van der Waals surface area contributed by atoms with Gasteiger partial charge >= 0.3 is 0 Å². The third-order valence-electron chi connectivity index (χ3n) is 1.97. The van der Waals surface area contributed by atoms with E-state index in [9.17, 15) is 4.79 Å². The number of benzene rings is 1. The molecule has 1 aromatic rings. The second kappa shape index (κ2) is 3.29. The van der Waals surface area contributed by atoms with Crippen LogP contribution in [0.4, 0.5) is 0 Å². The Kier molecular flexibility index (Phi) is 2.15. The summed E-state index contributed by atoms with van der Waals surface area (Å²) in [5, 5.41) is 0. The predicted octanol–water partition coefficient (Wildman–Crippen LogP) is 1.58. The Bertz CT molecular complexity index is 300. The van der Waals surface area contributed by atoms with Crippen LogP contribution < -0.4 is 4.72 Å². The number of carbonyl (C=O) groups excluding carboxylic acids is 1. The lowest BCUT2D eigenvalue weighted by molar-refractivity contribution is -0.109. The molecule has 1 atom stereocenters. The first-order valence-corrected chi connectivity index (χ1v) is 4.67. The van der Waals surface area contributed by atoms with Crippen molar-refractivity contribution in [1.82, 2.24) is 4.72 Å². The van der Waals surface area contributed by atoms with Crippen LogP contribution in [-0.2, 0) is 4.79 Å². The molecule has 0 spiro atoms. The number of aldehydes is 1. The molecule has 1 heterocycles. The summed E-state index contributed by atoms with van der Waals surface area (Å²) in [6, 6.07) is 8.01. The monoisotopic (exact) mass is 179 g/mol. The Balaban J connectivity index is 2.43. The van der Waals surface area contributed by atoms with Gasteiger partial charge in [0.2, 0.25) is 0 Å². The molecule has 0 aliphatic carbocycles. The summed E-state index contributed by atoms with van der Waals surface area (Å²) in [6.07, 6.45) is 1.01. The summed E-state index contributed by atoms with van der Waals surface area (Å²) in [5.74, 6) is 0.0300. The number of hydrogen-bond acceptors (Lipinski definition) is 3. The van der Waals surface area contributed by atoms with Crippen LogP contribution in [0.15, 0.2) is 29.2 Å². The van der Waals surface area contributed by atoms with E-state index in [1.807, 2.05) is 24.3 Å². The van der Waals surface area contributed by atoms with E-state index in [1.54, 1.807) is 11.9 Å². The van der Waals surface area contributed by atoms with Crippen LogP contribution in [-0.4, -0.2) is 12.8 Å². The minimum atomic E-state index is 0.0300. The minimum absolute atomic E-state index is 0.0300. The van der Waals surface area contributed by atoms with E-state index < -0.39 is 0 Å². The van der Waals surface area contributed by atoms with Crippen molar-refractivity contribution in [3.63, 3.8) is 0 Å². The summed E-state index contributed by atoms with van der Waals surface area (Å²) >= 11 is 1.60. The highest BCUT2D eigenvalue weighted by molar-refractivity contribution is 7.97. The van der Waals surface area contributed by atoms with Crippen molar-refractivity contribution in [3.8, 4) is 0 Å². The molecular weight excluding hydrogens is 170 g/mol. The van der Waals surface area contributed by atoms with E-state index in [2.05, 4.69) is 4.72 Å². The molecule has 1 N–H and O–H groups in total. The lowest BCUT2D eigenvalue weighted by Crippen LogP contribution is -2.21. The van der Waals surface area contributed by atoms with E-state index in [0.29, 0.717) is 0 Å². The third-order valence-corrected chi connectivity index (χ3v) is 2.87. The second-order valence-electron chi connectivity index (χ2n) is 2.73. The molecule has 0 bridgehead atoms. The standard InChI is InChI=1S/C9H9NOS/c11-6-7-5-10-12-9-4-2-1-3-8(7)9/h1-4,6-7,10H,5H2. The van der Waals surface area contributed by atoms with Crippen LogP contribution in [0.2, 0.25) is 0 Å². The van der Waals surface area contributed by atoms with Gasteiger partial charge < -0.3 is 4.79 Å². The van der Waals surface area contributed by atoms with Gasteiger partial charge in [0, 0.05) is 11.4 Å². The maximum Gasteiger partial charge on any atom is 0.128 e. The molecule has 1 aromatic carbocycles. The maximum absolute atomic E-state index is 10.7. The number of rotatable bonds is 1. The van der Waals surface area contributed by atoms with Gasteiger partial charge in [0.1, 0.15) is 6.29 Å². The fraction of sp³-hybridized carbons (Fsp3) is 0.222. The molecule has 1 aliphatic rings. The third kappa shape index (κ3) is 1.26. The maximum atomic E-state index is 10.7. The van der Waals surface area contributed by atoms with E-state index in [1.165, 1.54) is 4.90 Å². The average molecular weight is 179 g/mol. The summed E-state index contributed by atoms with van der Waals surface area (Å²) in [6.45, 7) is 0.741. The van der Waals surface area contributed by atoms with Gasteiger partial charge in [0.05, 0.1) is 5.92 Å².